The number of nitrogens with one attached hydrogen (secondary N) is 1. The fraction of sp³-hybridized carbons (Fsp3) is 0.0625. The molecule has 0 atom stereocenters. The van der Waals surface area contributed by atoms with Gasteiger partial charge < -0.3 is 5.73 Å². The molecule has 0 radical (unpaired) electrons. The zero-order valence-corrected chi connectivity index (χ0v) is 11.2. The van der Waals surface area contributed by atoms with Crippen LogP contribution in [0.25, 0.3) is 0 Å². The number of nitrogens with two attached hydrogens (primary N) is 1. The highest BCUT2D eigenvalue weighted by Gasteiger charge is 2.34. The van der Waals surface area contributed by atoms with Crippen molar-refractivity contribution < 1.29 is 9.59 Å². The molecule has 2 aromatic carbocycles. The van der Waals surface area contributed by atoms with Crippen molar-refractivity contribution in [3.8, 4) is 0 Å². The largest absolute Gasteiger partial charge is 0.384 e. The van der Waals surface area contributed by atoms with E-state index >= 15 is 0 Å². The molecule has 3 N–H and O–H groups in total. The van der Waals surface area contributed by atoms with Gasteiger partial charge in [-0.05, 0) is 17.7 Å². The van der Waals surface area contributed by atoms with E-state index in [1.165, 1.54) is 4.90 Å². The maximum atomic E-state index is 12.2. The summed E-state index contributed by atoms with van der Waals surface area (Å²) in [5.41, 5.74) is 7.71. The first-order valence-corrected chi connectivity index (χ1v) is 6.46. The third-order valence-corrected chi connectivity index (χ3v) is 3.48. The first-order valence-electron chi connectivity index (χ1n) is 6.46. The number of imide groups is 1. The Morgan fingerprint density at radius 3 is 1.95 bits per heavy atom. The van der Waals surface area contributed by atoms with Crippen LogP contribution >= 0.6 is 0 Å². The highest BCUT2D eigenvalue weighted by molar-refractivity contribution is 6.21. The smallest absolute Gasteiger partial charge is 0.261 e. The fourth-order valence-corrected chi connectivity index (χ4v) is 2.36. The lowest BCUT2D eigenvalue weighted by Gasteiger charge is -2.14. The SMILES string of the molecule is N=C(N)c1ccc(CN2C(=O)c3ccccc3C2=O)cc1. The first-order chi connectivity index (χ1) is 10.1. The van der Waals surface area contributed by atoms with E-state index in [1.54, 1.807) is 48.5 Å². The van der Waals surface area contributed by atoms with Crippen LogP contribution in [0, 0.1) is 5.41 Å². The van der Waals surface area contributed by atoms with Gasteiger partial charge >= 0.3 is 0 Å². The highest BCUT2D eigenvalue weighted by atomic mass is 16.2. The van der Waals surface area contributed by atoms with Gasteiger partial charge in [0.25, 0.3) is 11.8 Å². The topological polar surface area (TPSA) is 87.2 Å². The molecule has 1 aliphatic heterocycles. The number of carbonyl (C=O) groups is 2. The summed E-state index contributed by atoms with van der Waals surface area (Å²) in [6.45, 7) is 0.213. The summed E-state index contributed by atoms with van der Waals surface area (Å²) in [6.07, 6.45) is 0. The average Bonchev–Trinajstić information content (AvgIpc) is 2.73. The van der Waals surface area contributed by atoms with E-state index in [0.29, 0.717) is 16.7 Å². The van der Waals surface area contributed by atoms with Crippen LogP contribution in [-0.2, 0) is 6.54 Å². The predicted molar refractivity (Wildman–Crippen MR) is 78.1 cm³/mol. The van der Waals surface area contributed by atoms with Crippen molar-refractivity contribution >= 4 is 17.6 Å². The maximum absolute atomic E-state index is 12.2. The zero-order chi connectivity index (χ0) is 15.0. The number of hydrogen-bond donors (Lipinski definition) is 2. The van der Waals surface area contributed by atoms with Crippen LogP contribution in [0.2, 0.25) is 0 Å². The van der Waals surface area contributed by atoms with Gasteiger partial charge in [0.15, 0.2) is 0 Å². The first kappa shape index (κ1) is 13.1. The lowest BCUT2D eigenvalue weighted by atomic mass is 10.1. The van der Waals surface area contributed by atoms with Gasteiger partial charge in [-0.25, -0.2) is 0 Å². The Kier molecular flexibility index (Phi) is 3.02. The third kappa shape index (κ3) is 2.18. The second-order valence-corrected chi connectivity index (χ2v) is 4.85. The van der Waals surface area contributed by atoms with Crippen molar-refractivity contribution in [2.75, 3.05) is 0 Å². The number of rotatable bonds is 3. The van der Waals surface area contributed by atoms with Crippen molar-refractivity contribution in [1.82, 2.24) is 4.90 Å². The van der Waals surface area contributed by atoms with Gasteiger partial charge in [-0.2, -0.15) is 0 Å². The van der Waals surface area contributed by atoms with Gasteiger partial charge in [0, 0.05) is 5.56 Å². The number of fused-ring (bicyclic) bond motifs is 1. The predicted octanol–water partition coefficient (Wildman–Crippen LogP) is 1.77. The van der Waals surface area contributed by atoms with Gasteiger partial charge in [0.05, 0.1) is 17.7 Å². The third-order valence-electron chi connectivity index (χ3n) is 3.48. The second kappa shape index (κ2) is 4.86. The number of amidine groups is 1. The van der Waals surface area contributed by atoms with Crippen LogP contribution in [0.3, 0.4) is 0 Å². The lowest BCUT2D eigenvalue weighted by molar-refractivity contribution is 0.0642. The van der Waals surface area contributed by atoms with Gasteiger partial charge in [-0.1, -0.05) is 36.4 Å². The molecule has 2 aromatic rings. The van der Waals surface area contributed by atoms with Crippen molar-refractivity contribution in [3.05, 3.63) is 70.8 Å². The Labute approximate surface area is 121 Å². The van der Waals surface area contributed by atoms with E-state index in [2.05, 4.69) is 0 Å². The molecule has 5 nitrogen and oxygen atoms in total. The lowest BCUT2D eigenvalue weighted by Crippen LogP contribution is -2.29. The van der Waals surface area contributed by atoms with Crippen molar-refractivity contribution in [3.63, 3.8) is 0 Å². The Morgan fingerprint density at radius 2 is 1.48 bits per heavy atom. The molecule has 2 amide bonds. The number of amides is 2. The molecule has 0 saturated heterocycles. The summed E-state index contributed by atoms with van der Waals surface area (Å²) in [5.74, 6) is -0.556. The Hall–Kier alpha value is -2.95. The van der Waals surface area contributed by atoms with E-state index in [1.807, 2.05) is 0 Å². The molecular formula is C16H13N3O2. The standard InChI is InChI=1S/C16H13N3O2/c17-14(18)11-7-5-10(6-8-11)9-19-15(20)12-3-1-2-4-13(12)16(19)21/h1-8H,9H2,(H3,17,18). The number of nitrogen functional groups attached to an aromatic ring is 1. The minimum atomic E-state index is -0.272. The number of benzene rings is 2. The molecule has 0 saturated carbocycles. The Balaban J connectivity index is 1.85. The van der Waals surface area contributed by atoms with Crippen LogP contribution in [0.15, 0.2) is 48.5 Å². The fourth-order valence-electron chi connectivity index (χ4n) is 2.36. The Bertz CT molecular complexity index is 715. The molecule has 3 rings (SSSR count). The summed E-state index contributed by atoms with van der Waals surface area (Å²) in [6, 6.07) is 13.7. The number of carbonyl (C=O) groups excluding carboxylic acids is 2. The molecule has 0 spiro atoms. The van der Waals surface area contributed by atoms with Crippen molar-refractivity contribution in [1.29, 1.82) is 5.41 Å². The maximum Gasteiger partial charge on any atom is 0.261 e. The van der Waals surface area contributed by atoms with Crippen LogP contribution in [0.1, 0.15) is 31.8 Å². The summed E-state index contributed by atoms with van der Waals surface area (Å²) in [5, 5.41) is 7.34. The molecule has 0 bridgehead atoms. The minimum absolute atomic E-state index is 0.0118. The monoisotopic (exact) mass is 279 g/mol. The van der Waals surface area contributed by atoms with E-state index in [-0.39, 0.29) is 24.2 Å². The summed E-state index contributed by atoms with van der Waals surface area (Å²) in [4.78, 5) is 25.7. The Morgan fingerprint density at radius 1 is 0.952 bits per heavy atom. The molecule has 21 heavy (non-hydrogen) atoms. The number of nitrogens with zero attached hydrogens (tertiary/aromatic N) is 1. The molecule has 1 aliphatic rings. The molecular weight excluding hydrogens is 266 g/mol. The minimum Gasteiger partial charge on any atom is -0.384 e. The number of hydrogen-bond acceptors (Lipinski definition) is 3. The summed E-state index contributed by atoms with van der Waals surface area (Å²) >= 11 is 0. The highest BCUT2D eigenvalue weighted by Crippen LogP contribution is 2.24. The summed E-state index contributed by atoms with van der Waals surface area (Å²) in [7, 11) is 0. The zero-order valence-electron chi connectivity index (χ0n) is 11.2. The van der Waals surface area contributed by atoms with E-state index in [9.17, 15) is 9.59 Å². The van der Waals surface area contributed by atoms with Crippen LogP contribution in [0.4, 0.5) is 0 Å². The molecule has 0 aliphatic carbocycles. The molecule has 1 heterocycles. The molecule has 5 heteroatoms. The van der Waals surface area contributed by atoms with Crippen LogP contribution in [-0.4, -0.2) is 22.5 Å². The van der Waals surface area contributed by atoms with E-state index < -0.39 is 0 Å². The second-order valence-electron chi connectivity index (χ2n) is 4.85. The van der Waals surface area contributed by atoms with Gasteiger partial charge in [-0.3, -0.25) is 19.9 Å². The van der Waals surface area contributed by atoms with E-state index in [0.717, 1.165) is 5.56 Å². The van der Waals surface area contributed by atoms with Crippen molar-refractivity contribution in [2.24, 2.45) is 5.73 Å². The van der Waals surface area contributed by atoms with Crippen LogP contribution < -0.4 is 5.73 Å². The van der Waals surface area contributed by atoms with Gasteiger partial charge in [0.2, 0.25) is 0 Å². The molecule has 104 valence electrons. The van der Waals surface area contributed by atoms with Crippen molar-refractivity contribution in [2.45, 2.75) is 6.54 Å². The normalized spacial score (nSPS) is 13.4. The molecule has 0 fully saturated rings. The van der Waals surface area contributed by atoms with Gasteiger partial charge in [-0.15, -0.1) is 0 Å². The summed E-state index contributed by atoms with van der Waals surface area (Å²) < 4.78 is 0. The molecule has 0 unspecified atom stereocenters. The van der Waals surface area contributed by atoms with Crippen LogP contribution in [0.5, 0.6) is 0 Å². The van der Waals surface area contributed by atoms with E-state index in [4.69, 9.17) is 11.1 Å². The average molecular weight is 279 g/mol. The quantitative estimate of drug-likeness (QED) is 0.510. The van der Waals surface area contributed by atoms with Gasteiger partial charge in [0.1, 0.15) is 5.84 Å². The molecule has 0 aromatic heterocycles.